The number of benzene rings is 1. The molecule has 2 aliphatic heterocycles. The molecule has 2 aliphatic rings. The molecule has 0 aliphatic carbocycles. The predicted octanol–water partition coefficient (Wildman–Crippen LogP) is 3.04. The molecule has 0 N–H and O–H groups in total. The third-order valence-electron chi connectivity index (χ3n) is 5.31. The number of carbonyl (C=O) groups excluding carboxylic acids is 1. The summed E-state index contributed by atoms with van der Waals surface area (Å²) in [7, 11) is 0. The van der Waals surface area contributed by atoms with Gasteiger partial charge in [-0.2, -0.15) is 0 Å². The zero-order chi connectivity index (χ0) is 18.2. The first-order valence-electron chi connectivity index (χ1n) is 9.34. The number of fused-ring (bicyclic) bond motifs is 2. The summed E-state index contributed by atoms with van der Waals surface area (Å²) in [6.07, 6.45) is 8.32. The van der Waals surface area contributed by atoms with E-state index in [2.05, 4.69) is 16.3 Å². The zero-order valence-corrected chi connectivity index (χ0v) is 14.9. The zero-order valence-electron chi connectivity index (χ0n) is 14.9. The third kappa shape index (κ3) is 2.87. The highest BCUT2D eigenvalue weighted by molar-refractivity contribution is 5.92. The average Bonchev–Trinajstić information content (AvgIpc) is 3.43. The number of hydrogen-bond donors (Lipinski definition) is 0. The van der Waals surface area contributed by atoms with Crippen molar-refractivity contribution in [1.29, 1.82) is 0 Å². The molecule has 5 rings (SSSR count). The Hall–Kier alpha value is -3.15. The van der Waals surface area contributed by atoms with Gasteiger partial charge in [-0.15, -0.1) is 10.2 Å². The molecule has 1 atom stereocenters. The van der Waals surface area contributed by atoms with Gasteiger partial charge in [-0.05, 0) is 54.3 Å². The summed E-state index contributed by atoms with van der Waals surface area (Å²) >= 11 is 0. The molecule has 2 aromatic heterocycles. The van der Waals surface area contributed by atoms with Crippen LogP contribution in [0, 0.1) is 0 Å². The van der Waals surface area contributed by atoms with Crippen LogP contribution in [0.3, 0.4) is 0 Å². The van der Waals surface area contributed by atoms with E-state index in [0.29, 0.717) is 0 Å². The molecule has 0 bridgehead atoms. The Morgan fingerprint density at radius 2 is 2.19 bits per heavy atom. The van der Waals surface area contributed by atoms with Gasteiger partial charge in [0.1, 0.15) is 5.75 Å². The molecule has 6 heteroatoms. The van der Waals surface area contributed by atoms with E-state index in [1.165, 1.54) is 5.56 Å². The van der Waals surface area contributed by atoms with Gasteiger partial charge in [0, 0.05) is 25.2 Å². The summed E-state index contributed by atoms with van der Waals surface area (Å²) in [4.78, 5) is 14.8. The van der Waals surface area contributed by atoms with Crippen molar-refractivity contribution in [2.75, 3.05) is 13.2 Å². The van der Waals surface area contributed by atoms with Crippen LogP contribution in [0.15, 0.2) is 48.7 Å². The summed E-state index contributed by atoms with van der Waals surface area (Å²) in [6.45, 7) is 1.48. The van der Waals surface area contributed by atoms with Gasteiger partial charge in [0.05, 0.1) is 12.6 Å². The normalized spacial score (nSPS) is 19.0. The van der Waals surface area contributed by atoms with Crippen molar-refractivity contribution in [1.82, 2.24) is 19.5 Å². The Balaban J connectivity index is 1.37. The topological polar surface area (TPSA) is 59.7 Å². The van der Waals surface area contributed by atoms with Crippen LogP contribution in [0.5, 0.6) is 5.75 Å². The highest BCUT2D eigenvalue weighted by atomic mass is 16.5. The van der Waals surface area contributed by atoms with E-state index >= 15 is 0 Å². The smallest absolute Gasteiger partial charge is 0.247 e. The Bertz CT molecular complexity index is 1040. The van der Waals surface area contributed by atoms with Gasteiger partial charge in [-0.3, -0.25) is 9.20 Å². The third-order valence-corrected chi connectivity index (χ3v) is 5.31. The number of likely N-dealkylation sites (tertiary alicyclic amines) is 1. The lowest BCUT2D eigenvalue weighted by Crippen LogP contribution is -2.30. The summed E-state index contributed by atoms with van der Waals surface area (Å²) < 4.78 is 7.51. The maximum atomic E-state index is 12.9. The van der Waals surface area contributed by atoms with Crippen LogP contribution in [-0.4, -0.2) is 38.6 Å². The fourth-order valence-corrected chi connectivity index (χ4v) is 3.96. The van der Waals surface area contributed by atoms with Crippen LogP contribution < -0.4 is 4.74 Å². The lowest BCUT2D eigenvalue weighted by Gasteiger charge is -2.22. The molecule has 27 heavy (non-hydrogen) atoms. The number of pyridine rings is 1. The van der Waals surface area contributed by atoms with Crippen molar-refractivity contribution in [2.45, 2.75) is 25.3 Å². The van der Waals surface area contributed by atoms with Gasteiger partial charge in [0.15, 0.2) is 11.5 Å². The van der Waals surface area contributed by atoms with Crippen molar-refractivity contribution in [3.63, 3.8) is 0 Å². The first-order chi connectivity index (χ1) is 13.3. The number of rotatable bonds is 3. The number of aromatic nitrogens is 3. The second-order valence-electron chi connectivity index (χ2n) is 6.98. The quantitative estimate of drug-likeness (QED) is 0.674. The van der Waals surface area contributed by atoms with Crippen molar-refractivity contribution < 1.29 is 9.53 Å². The summed E-state index contributed by atoms with van der Waals surface area (Å²) in [5.74, 6) is 1.80. The maximum absolute atomic E-state index is 12.9. The number of ether oxygens (including phenoxy) is 1. The van der Waals surface area contributed by atoms with Crippen molar-refractivity contribution in [3.8, 4) is 5.75 Å². The molecule has 0 saturated carbocycles. The molecular formula is C21H20N4O2. The fraction of sp³-hybridized carbons (Fsp3) is 0.286. The van der Waals surface area contributed by atoms with E-state index in [9.17, 15) is 4.79 Å². The molecule has 4 heterocycles. The summed E-state index contributed by atoms with van der Waals surface area (Å²) in [5.41, 5.74) is 3.04. The van der Waals surface area contributed by atoms with E-state index < -0.39 is 0 Å². The first kappa shape index (κ1) is 16.1. The van der Waals surface area contributed by atoms with Gasteiger partial charge in [0.25, 0.3) is 0 Å². The minimum absolute atomic E-state index is 0.0157. The first-order valence-corrected chi connectivity index (χ1v) is 9.34. The molecule has 1 fully saturated rings. The minimum atomic E-state index is -0.0343. The standard InChI is InChI=1S/C21H20N4O2/c26-20(9-7-15-6-8-18-16(14-15)10-13-27-18)24-12-3-4-17(24)21-23-22-19-5-1-2-11-25(19)21/h1-2,5-9,11,14,17H,3-4,10,12-13H2/b9-7+. The van der Waals surface area contributed by atoms with Crippen molar-refractivity contribution in [2.24, 2.45) is 0 Å². The van der Waals surface area contributed by atoms with Crippen molar-refractivity contribution in [3.05, 3.63) is 65.6 Å². The van der Waals surface area contributed by atoms with Crippen LogP contribution >= 0.6 is 0 Å². The van der Waals surface area contributed by atoms with Gasteiger partial charge >= 0.3 is 0 Å². The van der Waals surface area contributed by atoms with E-state index in [-0.39, 0.29) is 11.9 Å². The van der Waals surface area contributed by atoms with Gasteiger partial charge in [0.2, 0.25) is 5.91 Å². The van der Waals surface area contributed by atoms with Gasteiger partial charge in [-0.25, -0.2) is 0 Å². The highest BCUT2D eigenvalue weighted by Crippen LogP contribution is 2.31. The maximum Gasteiger partial charge on any atom is 0.247 e. The average molecular weight is 360 g/mol. The molecule has 1 amide bonds. The van der Waals surface area contributed by atoms with Crippen molar-refractivity contribution >= 4 is 17.6 Å². The molecule has 1 saturated heterocycles. The Labute approximate surface area is 157 Å². The summed E-state index contributed by atoms with van der Waals surface area (Å²) in [5, 5.41) is 8.58. The predicted molar refractivity (Wildman–Crippen MR) is 101 cm³/mol. The van der Waals surface area contributed by atoms with Gasteiger partial charge < -0.3 is 9.64 Å². The number of carbonyl (C=O) groups is 1. The second kappa shape index (κ2) is 6.54. The van der Waals surface area contributed by atoms with Crippen LogP contribution in [0.2, 0.25) is 0 Å². The monoisotopic (exact) mass is 360 g/mol. The molecule has 3 aromatic rings. The SMILES string of the molecule is O=C(/C=C/c1ccc2c(c1)CCO2)N1CCCC1c1nnc2ccccn12. The molecule has 6 nitrogen and oxygen atoms in total. The highest BCUT2D eigenvalue weighted by Gasteiger charge is 2.32. The molecule has 136 valence electrons. The number of hydrogen-bond acceptors (Lipinski definition) is 4. The van der Waals surface area contributed by atoms with E-state index in [1.807, 2.05) is 51.9 Å². The largest absolute Gasteiger partial charge is 0.493 e. The van der Waals surface area contributed by atoms with E-state index in [1.54, 1.807) is 6.08 Å². The van der Waals surface area contributed by atoms with Crippen LogP contribution in [0.4, 0.5) is 0 Å². The molecule has 0 spiro atoms. The molecule has 0 radical (unpaired) electrons. The Kier molecular flexibility index (Phi) is 3.89. The molecular weight excluding hydrogens is 340 g/mol. The van der Waals surface area contributed by atoms with Gasteiger partial charge in [-0.1, -0.05) is 12.1 Å². The number of nitrogens with zero attached hydrogens (tertiary/aromatic N) is 4. The molecule has 1 unspecified atom stereocenters. The second-order valence-corrected chi connectivity index (χ2v) is 6.98. The Morgan fingerprint density at radius 3 is 3.15 bits per heavy atom. The van der Waals surface area contributed by atoms with Crippen LogP contribution in [-0.2, 0) is 11.2 Å². The van der Waals surface area contributed by atoms with Crippen LogP contribution in [0.1, 0.15) is 35.8 Å². The lowest BCUT2D eigenvalue weighted by molar-refractivity contribution is -0.127. The fourth-order valence-electron chi connectivity index (χ4n) is 3.96. The molecule has 1 aromatic carbocycles. The van der Waals surface area contributed by atoms with E-state index in [4.69, 9.17) is 4.74 Å². The Morgan fingerprint density at radius 1 is 1.22 bits per heavy atom. The van der Waals surface area contributed by atoms with Crippen LogP contribution in [0.25, 0.3) is 11.7 Å². The summed E-state index contributed by atoms with van der Waals surface area (Å²) in [6, 6.07) is 11.9. The van der Waals surface area contributed by atoms with E-state index in [0.717, 1.165) is 55.2 Å². The lowest BCUT2D eigenvalue weighted by atomic mass is 10.1. The number of amides is 1. The minimum Gasteiger partial charge on any atom is -0.493 e.